The van der Waals surface area contributed by atoms with Crippen LogP contribution in [0.3, 0.4) is 0 Å². The average molecular weight is 294 g/mol. The fraction of sp³-hybridized carbons (Fsp3) is 0.625. The van der Waals surface area contributed by atoms with Crippen LogP contribution in [-0.4, -0.2) is 56.7 Å². The van der Waals surface area contributed by atoms with Gasteiger partial charge in [-0.15, -0.1) is 0 Å². The van der Waals surface area contributed by atoms with E-state index in [-0.39, 0.29) is 12.7 Å². The highest BCUT2D eigenvalue weighted by molar-refractivity contribution is 5.49. The zero-order valence-corrected chi connectivity index (χ0v) is 12.9. The predicted molar refractivity (Wildman–Crippen MR) is 84.1 cm³/mol. The molecule has 5 heteroatoms. The third-order valence-corrected chi connectivity index (χ3v) is 3.38. The number of aliphatic hydroxyl groups excluding tert-OH is 1. The van der Waals surface area contributed by atoms with Crippen LogP contribution in [-0.2, 0) is 4.74 Å². The van der Waals surface area contributed by atoms with Crippen molar-refractivity contribution >= 4 is 5.69 Å². The molecule has 1 aliphatic rings. The Balaban J connectivity index is 1.76. The number of hydrogen-bond acceptors (Lipinski definition) is 5. The smallest absolute Gasteiger partial charge is 0.119 e. The summed E-state index contributed by atoms with van der Waals surface area (Å²) in [7, 11) is 0. The summed E-state index contributed by atoms with van der Waals surface area (Å²) in [5.74, 6) is 0.775. The molecule has 1 fully saturated rings. The molecule has 1 aromatic rings. The molecule has 0 aromatic heterocycles. The van der Waals surface area contributed by atoms with E-state index in [1.165, 1.54) is 5.69 Å². The summed E-state index contributed by atoms with van der Waals surface area (Å²) in [6.45, 7) is 8.57. The maximum atomic E-state index is 9.75. The normalized spacial score (nSPS) is 17.0. The van der Waals surface area contributed by atoms with E-state index in [1.807, 2.05) is 26.0 Å². The van der Waals surface area contributed by atoms with Gasteiger partial charge in [-0.3, -0.25) is 0 Å². The van der Waals surface area contributed by atoms with Crippen LogP contribution in [0.2, 0.25) is 0 Å². The molecule has 2 rings (SSSR count). The first-order chi connectivity index (χ1) is 10.1. The molecule has 0 radical (unpaired) electrons. The van der Waals surface area contributed by atoms with E-state index >= 15 is 0 Å². The maximum absolute atomic E-state index is 9.75. The minimum Gasteiger partial charge on any atom is -0.491 e. The molecular weight excluding hydrogens is 268 g/mol. The van der Waals surface area contributed by atoms with Gasteiger partial charge in [0, 0.05) is 31.9 Å². The fourth-order valence-corrected chi connectivity index (χ4v) is 2.22. The molecule has 0 saturated carbocycles. The van der Waals surface area contributed by atoms with Crippen LogP contribution in [0.25, 0.3) is 0 Å². The molecule has 5 nitrogen and oxygen atoms in total. The molecule has 1 saturated heterocycles. The summed E-state index contributed by atoms with van der Waals surface area (Å²) in [4.78, 5) is 2.35. The first-order valence-corrected chi connectivity index (χ1v) is 7.63. The van der Waals surface area contributed by atoms with Crippen LogP contribution in [0, 0.1) is 0 Å². The van der Waals surface area contributed by atoms with Gasteiger partial charge in [0.15, 0.2) is 0 Å². The molecule has 0 aliphatic carbocycles. The number of hydrogen-bond donors (Lipinski definition) is 2. The Kier molecular flexibility index (Phi) is 6.29. The summed E-state index contributed by atoms with van der Waals surface area (Å²) < 4.78 is 10.9. The van der Waals surface area contributed by atoms with Crippen molar-refractivity contribution < 1.29 is 14.6 Å². The number of piperazine rings is 1. The molecule has 2 N–H and O–H groups in total. The molecule has 0 spiro atoms. The predicted octanol–water partition coefficient (Wildman–Crippen LogP) is 1.26. The van der Waals surface area contributed by atoms with Gasteiger partial charge in [0.25, 0.3) is 0 Å². The summed E-state index contributed by atoms with van der Waals surface area (Å²) in [6.07, 6.45) is -0.474. The molecule has 1 atom stereocenters. The Morgan fingerprint density at radius 3 is 2.43 bits per heavy atom. The van der Waals surface area contributed by atoms with E-state index < -0.39 is 6.10 Å². The first kappa shape index (κ1) is 16.1. The monoisotopic (exact) mass is 294 g/mol. The molecule has 0 bridgehead atoms. The number of benzene rings is 1. The van der Waals surface area contributed by atoms with Crippen LogP contribution in [0.4, 0.5) is 5.69 Å². The standard InChI is InChI=1S/C16H26N2O3/c1-13(2)20-11-15(19)12-21-16-5-3-14(4-6-16)18-9-7-17-8-10-18/h3-6,13,15,17,19H,7-12H2,1-2H3. The Morgan fingerprint density at radius 1 is 1.14 bits per heavy atom. The highest BCUT2D eigenvalue weighted by Gasteiger charge is 2.11. The number of rotatable bonds is 7. The second-order valence-electron chi connectivity index (χ2n) is 5.58. The van der Waals surface area contributed by atoms with E-state index in [0.29, 0.717) is 6.61 Å². The SMILES string of the molecule is CC(C)OCC(O)COc1ccc(N2CCNCC2)cc1. The lowest BCUT2D eigenvalue weighted by molar-refractivity contribution is -0.0122. The van der Waals surface area contributed by atoms with Crippen LogP contribution >= 0.6 is 0 Å². The molecular formula is C16H26N2O3. The van der Waals surface area contributed by atoms with E-state index in [4.69, 9.17) is 9.47 Å². The van der Waals surface area contributed by atoms with Crippen molar-refractivity contribution in [1.82, 2.24) is 5.32 Å². The van der Waals surface area contributed by atoms with Gasteiger partial charge in [-0.05, 0) is 38.1 Å². The Labute approximate surface area is 126 Å². The van der Waals surface area contributed by atoms with Gasteiger partial charge in [-0.25, -0.2) is 0 Å². The Bertz CT molecular complexity index is 402. The van der Waals surface area contributed by atoms with Gasteiger partial charge in [0.1, 0.15) is 18.5 Å². The van der Waals surface area contributed by atoms with E-state index in [9.17, 15) is 5.11 Å². The lowest BCUT2D eigenvalue weighted by Crippen LogP contribution is -2.43. The first-order valence-electron chi connectivity index (χ1n) is 7.63. The zero-order chi connectivity index (χ0) is 15.1. The number of nitrogens with zero attached hydrogens (tertiary/aromatic N) is 1. The zero-order valence-electron chi connectivity index (χ0n) is 12.9. The lowest BCUT2D eigenvalue weighted by Gasteiger charge is -2.29. The Hall–Kier alpha value is -1.30. The minimum atomic E-state index is -0.597. The molecule has 1 aromatic carbocycles. The van der Waals surface area contributed by atoms with Crippen molar-refractivity contribution in [3.05, 3.63) is 24.3 Å². The second kappa shape index (κ2) is 8.22. The highest BCUT2D eigenvalue weighted by atomic mass is 16.5. The largest absolute Gasteiger partial charge is 0.491 e. The number of aliphatic hydroxyl groups is 1. The van der Waals surface area contributed by atoms with Crippen LogP contribution < -0.4 is 15.0 Å². The molecule has 1 heterocycles. The van der Waals surface area contributed by atoms with Gasteiger partial charge in [0.05, 0.1) is 12.7 Å². The summed E-state index contributed by atoms with van der Waals surface area (Å²) in [5.41, 5.74) is 1.22. The van der Waals surface area contributed by atoms with E-state index in [1.54, 1.807) is 0 Å². The minimum absolute atomic E-state index is 0.123. The van der Waals surface area contributed by atoms with Gasteiger partial charge < -0.3 is 24.8 Å². The van der Waals surface area contributed by atoms with Crippen molar-refractivity contribution in [2.45, 2.75) is 26.1 Å². The van der Waals surface area contributed by atoms with Gasteiger partial charge in [-0.1, -0.05) is 0 Å². The third-order valence-electron chi connectivity index (χ3n) is 3.38. The van der Waals surface area contributed by atoms with Crippen LogP contribution in [0.15, 0.2) is 24.3 Å². The highest BCUT2D eigenvalue weighted by Crippen LogP contribution is 2.19. The average Bonchev–Trinajstić information content (AvgIpc) is 2.52. The van der Waals surface area contributed by atoms with Gasteiger partial charge in [-0.2, -0.15) is 0 Å². The molecule has 1 unspecified atom stereocenters. The lowest BCUT2D eigenvalue weighted by atomic mass is 10.2. The summed E-state index contributed by atoms with van der Waals surface area (Å²) >= 11 is 0. The quantitative estimate of drug-likeness (QED) is 0.793. The molecule has 21 heavy (non-hydrogen) atoms. The van der Waals surface area contributed by atoms with Gasteiger partial charge in [0.2, 0.25) is 0 Å². The van der Waals surface area contributed by atoms with Crippen molar-refractivity contribution in [1.29, 1.82) is 0 Å². The topological polar surface area (TPSA) is 54.0 Å². The molecule has 0 amide bonds. The van der Waals surface area contributed by atoms with Crippen molar-refractivity contribution in [3.63, 3.8) is 0 Å². The number of anilines is 1. The van der Waals surface area contributed by atoms with E-state index in [2.05, 4.69) is 22.3 Å². The third kappa shape index (κ3) is 5.53. The van der Waals surface area contributed by atoms with Crippen LogP contribution in [0.5, 0.6) is 5.75 Å². The molecule has 1 aliphatic heterocycles. The van der Waals surface area contributed by atoms with Crippen molar-refractivity contribution in [2.75, 3.05) is 44.3 Å². The molecule has 118 valence electrons. The number of ether oxygens (including phenoxy) is 2. The van der Waals surface area contributed by atoms with Crippen molar-refractivity contribution in [2.24, 2.45) is 0 Å². The second-order valence-corrected chi connectivity index (χ2v) is 5.58. The van der Waals surface area contributed by atoms with Gasteiger partial charge >= 0.3 is 0 Å². The van der Waals surface area contributed by atoms with Crippen LogP contribution in [0.1, 0.15) is 13.8 Å². The summed E-state index contributed by atoms with van der Waals surface area (Å²) in [5, 5.41) is 13.1. The summed E-state index contributed by atoms with van der Waals surface area (Å²) in [6, 6.07) is 8.04. The van der Waals surface area contributed by atoms with E-state index in [0.717, 1.165) is 31.9 Å². The van der Waals surface area contributed by atoms with Crippen molar-refractivity contribution in [3.8, 4) is 5.75 Å². The fourth-order valence-electron chi connectivity index (χ4n) is 2.22. The maximum Gasteiger partial charge on any atom is 0.119 e. The number of nitrogens with one attached hydrogen (secondary N) is 1. The Morgan fingerprint density at radius 2 is 1.81 bits per heavy atom.